The molecule has 3 heterocycles. The van der Waals surface area contributed by atoms with Crippen LogP contribution in [0.15, 0.2) is 72.9 Å². The van der Waals surface area contributed by atoms with Crippen molar-refractivity contribution in [1.82, 2.24) is 14.9 Å². The SMILES string of the molecule is COc1ccc(N2C(=S)N[C@@H](c3ccccn3)[C@@H]2c2cc(C)n(-c3ccccc3Cl)c2C)cc1Cl. The van der Waals surface area contributed by atoms with E-state index in [2.05, 4.69) is 39.7 Å². The molecule has 2 aromatic heterocycles. The number of hydrogen-bond donors (Lipinski definition) is 1. The molecule has 0 spiro atoms. The van der Waals surface area contributed by atoms with Gasteiger partial charge in [-0.25, -0.2) is 0 Å². The highest BCUT2D eigenvalue weighted by molar-refractivity contribution is 7.80. The molecule has 5 nitrogen and oxygen atoms in total. The Morgan fingerprint density at radius 2 is 1.74 bits per heavy atom. The fourth-order valence-corrected chi connectivity index (χ4v) is 5.66. The van der Waals surface area contributed by atoms with Crippen molar-refractivity contribution in [3.63, 3.8) is 0 Å². The molecule has 2 aromatic carbocycles. The maximum Gasteiger partial charge on any atom is 0.174 e. The van der Waals surface area contributed by atoms with E-state index in [-0.39, 0.29) is 12.1 Å². The normalized spacial score (nSPS) is 17.5. The Bertz CT molecular complexity index is 1410. The minimum atomic E-state index is -0.163. The molecule has 1 aliphatic heterocycles. The molecule has 5 rings (SSSR count). The topological polar surface area (TPSA) is 42.3 Å². The molecular formula is C27H24Cl2N4OS. The molecule has 35 heavy (non-hydrogen) atoms. The van der Waals surface area contributed by atoms with Crippen LogP contribution in [0.4, 0.5) is 5.69 Å². The van der Waals surface area contributed by atoms with E-state index in [1.54, 1.807) is 13.3 Å². The molecule has 1 aliphatic rings. The number of benzene rings is 2. The molecule has 1 saturated heterocycles. The van der Waals surface area contributed by atoms with Gasteiger partial charge in [0, 0.05) is 23.3 Å². The van der Waals surface area contributed by atoms with Gasteiger partial charge in [0.2, 0.25) is 0 Å². The summed E-state index contributed by atoms with van der Waals surface area (Å²) in [7, 11) is 1.60. The minimum absolute atomic E-state index is 0.162. The van der Waals surface area contributed by atoms with Crippen LogP contribution in [-0.2, 0) is 0 Å². The fraction of sp³-hybridized carbons (Fsp3) is 0.185. The number of hydrogen-bond acceptors (Lipinski definition) is 3. The molecule has 0 unspecified atom stereocenters. The van der Waals surface area contributed by atoms with Crippen molar-refractivity contribution in [2.75, 3.05) is 12.0 Å². The van der Waals surface area contributed by atoms with E-state index in [1.807, 2.05) is 60.7 Å². The minimum Gasteiger partial charge on any atom is -0.495 e. The highest BCUT2D eigenvalue weighted by atomic mass is 35.5. The number of halogens is 2. The number of thiocarbonyl (C=S) groups is 1. The third-order valence-corrected chi connectivity index (χ3v) is 7.32. The van der Waals surface area contributed by atoms with Gasteiger partial charge in [-0.2, -0.15) is 0 Å². The molecule has 178 valence electrons. The number of nitrogens with zero attached hydrogens (tertiary/aromatic N) is 3. The van der Waals surface area contributed by atoms with E-state index in [4.69, 9.17) is 40.2 Å². The predicted molar refractivity (Wildman–Crippen MR) is 146 cm³/mol. The summed E-state index contributed by atoms with van der Waals surface area (Å²) in [5.41, 5.74) is 6.01. The van der Waals surface area contributed by atoms with Crippen molar-refractivity contribution in [3.05, 3.63) is 106 Å². The first-order valence-electron chi connectivity index (χ1n) is 11.2. The van der Waals surface area contributed by atoms with Gasteiger partial charge in [0.25, 0.3) is 0 Å². The Labute approximate surface area is 220 Å². The second kappa shape index (κ2) is 9.53. The quantitative estimate of drug-likeness (QED) is 0.286. The zero-order valence-electron chi connectivity index (χ0n) is 19.5. The summed E-state index contributed by atoms with van der Waals surface area (Å²) in [6, 6.07) is 21.4. The van der Waals surface area contributed by atoms with Gasteiger partial charge < -0.3 is 19.5 Å². The fourth-order valence-electron chi connectivity index (χ4n) is 4.84. The van der Waals surface area contributed by atoms with Gasteiger partial charge in [-0.15, -0.1) is 0 Å². The van der Waals surface area contributed by atoms with Gasteiger partial charge >= 0.3 is 0 Å². The van der Waals surface area contributed by atoms with E-state index in [1.165, 1.54) is 0 Å². The highest BCUT2D eigenvalue weighted by Crippen LogP contribution is 2.45. The summed E-state index contributed by atoms with van der Waals surface area (Å²) in [5, 5.41) is 5.33. The summed E-state index contributed by atoms with van der Waals surface area (Å²) in [5.74, 6) is 0.614. The van der Waals surface area contributed by atoms with Crippen molar-refractivity contribution >= 4 is 46.2 Å². The molecule has 0 saturated carbocycles. The van der Waals surface area contributed by atoms with Crippen LogP contribution in [0, 0.1) is 13.8 Å². The summed E-state index contributed by atoms with van der Waals surface area (Å²) >= 11 is 19.0. The van der Waals surface area contributed by atoms with Crippen molar-refractivity contribution < 1.29 is 4.74 Å². The van der Waals surface area contributed by atoms with Crippen molar-refractivity contribution in [1.29, 1.82) is 0 Å². The van der Waals surface area contributed by atoms with E-state index < -0.39 is 0 Å². The average molecular weight is 523 g/mol. The number of ether oxygens (including phenoxy) is 1. The van der Waals surface area contributed by atoms with Crippen molar-refractivity contribution in [3.8, 4) is 11.4 Å². The first-order chi connectivity index (χ1) is 16.9. The van der Waals surface area contributed by atoms with Crippen LogP contribution in [0.3, 0.4) is 0 Å². The maximum atomic E-state index is 6.59. The van der Waals surface area contributed by atoms with Crippen LogP contribution in [-0.4, -0.2) is 21.8 Å². The van der Waals surface area contributed by atoms with Crippen LogP contribution in [0.2, 0.25) is 10.0 Å². The number of anilines is 1. The third kappa shape index (κ3) is 4.16. The van der Waals surface area contributed by atoms with Gasteiger partial charge in [-0.3, -0.25) is 4.98 Å². The van der Waals surface area contributed by atoms with Gasteiger partial charge in [0.15, 0.2) is 5.11 Å². The molecule has 4 aromatic rings. The highest BCUT2D eigenvalue weighted by Gasteiger charge is 2.42. The lowest BCUT2D eigenvalue weighted by atomic mass is 9.96. The Kier molecular flexibility index (Phi) is 6.45. The number of nitrogens with one attached hydrogen (secondary N) is 1. The smallest absolute Gasteiger partial charge is 0.174 e. The second-order valence-corrected chi connectivity index (χ2v) is 9.63. The maximum absolute atomic E-state index is 6.59. The summed E-state index contributed by atoms with van der Waals surface area (Å²) in [6.45, 7) is 4.20. The van der Waals surface area contributed by atoms with Crippen LogP contribution in [0.25, 0.3) is 5.69 Å². The standard InChI is InChI=1S/C27H24Cl2N4OS/c1-16-14-19(17(2)32(16)23-10-5-4-8-20(23)28)26-25(22-9-6-7-13-30-22)31-27(35)33(26)18-11-12-24(34-3)21(29)15-18/h4-15,25-26H,1-3H3,(H,31,35)/t25-,26-/m0/s1. The van der Waals surface area contributed by atoms with E-state index in [0.29, 0.717) is 20.9 Å². The molecule has 1 fully saturated rings. The summed E-state index contributed by atoms with van der Waals surface area (Å²) in [6.07, 6.45) is 1.80. The van der Waals surface area contributed by atoms with Crippen LogP contribution < -0.4 is 15.0 Å². The molecular weight excluding hydrogens is 499 g/mol. The van der Waals surface area contributed by atoms with E-state index in [9.17, 15) is 0 Å². The van der Waals surface area contributed by atoms with Crippen LogP contribution >= 0.6 is 35.4 Å². The van der Waals surface area contributed by atoms with E-state index in [0.717, 1.165) is 34.0 Å². The molecule has 0 amide bonds. The van der Waals surface area contributed by atoms with Gasteiger partial charge in [0.05, 0.1) is 40.6 Å². The van der Waals surface area contributed by atoms with Gasteiger partial charge in [0.1, 0.15) is 5.75 Å². The predicted octanol–water partition coefficient (Wildman–Crippen LogP) is 6.98. The number of aryl methyl sites for hydroxylation is 1. The van der Waals surface area contributed by atoms with Crippen LogP contribution in [0.1, 0.15) is 34.7 Å². The average Bonchev–Trinajstić information content (AvgIpc) is 3.35. The molecule has 1 N–H and O–H groups in total. The number of methoxy groups -OCH3 is 1. The summed E-state index contributed by atoms with van der Waals surface area (Å²) in [4.78, 5) is 6.76. The van der Waals surface area contributed by atoms with E-state index >= 15 is 0 Å². The van der Waals surface area contributed by atoms with Gasteiger partial charge in [-0.1, -0.05) is 41.4 Å². The second-order valence-electron chi connectivity index (χ2n) is 8.43. The lowest BCUT2D eigenvalue weighted by Gasteiger charge is -2.28. The third-order valence-electron chi connectivity index (χ3n) is 6.39. The van der Waals surface area contributed by atoms with Crippen LogP contribution in [0.5, 0.6) is 5.75 Å². The van der Waals surface area contributed by atoms with Gasteiger partial charge in [-0.05, 0) is 80.2 Å². The number of pyridine rings is 1. The van der Waals surface area contributed by atoms with Crippen molar-refractivity contribution in [2.45, 2.75) is 25.9 Å². The Morgan fingerprint density at radius 3 is 2.43 bits per heavy atom. The largest absolute Gasteiger partial charge is 0.495 e. The zero-order valence-corrected chi connectivity index (χ0v) is 21.8. The molecule has 8 heteroatoms. The molecule has 2 atom stereocenters. The lowest BCUT2D eigenvalue weighted by Crippen LogP contribution is -2.29. The first kappa shape index (κ1) is 23.7. The Hall–Kier alpha value is -3.06. The number of rotatable bonds is 5. The zero-order chi connectivity index (χ0) is 24.7. The molecule has 0 radical (unpaired) electrons. The Balaban J connectivity index is 1.69. The Morgan fingerprint density at radius 1 is 0.971 bits per heavy atom. The summed E-state index contributed by atoms with van der Waals surface area (Å²) < 4.78 is 7.55. The lowest BCUT2D eigenvalue weighted by molar-refractivity contribution is 0.415. The molecule has 0 aliphatic carbocycles. The first-order valence-corrected chi connectivity index (χ1v) is 12.3. The van der Waals surface area contributed by atoms with Crippen molar-refractivity contribution in [2.24, 2.45) is 0 Å². The number of aromatic nitrogens is 2. The molecule has 0 bridgehead atoms. The number of para-hydroxylation sites is 1. The monoisotopic (exact) mass is 522 g/mol.